The van der Waals surface area contributed by atoms with Crippen molar-refractivity contribution in [1.82, 2.24) is 10.2 Å². The first-order valence-electron chi connectivity index (χ1n) is 6.44. The fourth-order valence-electron chi connectivity index (χ4n) is 2.12. The number of nitrogens with one attached hydrogen (secondary N) is 1. The number of rotatable bonds is 6. The topological polar surface area (TPSA) is 24.5 Å². The first-order chi connectivity index (χ1) is 8.38. The third-order valence-electron chi connectivity index (χ3n) is 3.21. The minimum atomic E-state index is 0.367. The van der Waals surface area contributed by atoms with Crippen LogP contribution in [0, 0.1) is 0 Å². The number of hydrogen-bond acceptors (Lipinski definition) is 4. The summed E-state index contributed by atoms with van der Waals surface area (Å²) < 4.78 is 5.75. The number of ether oxygens (including phenoxy) is 1. The van der Waals surface area contributed by atoms with Crippen LogP contribution in [0.2, 0.25) is 0 Å². The second kappa shape index (κ2) is 7.11. The lowest BCUT2D eigenvalue weighted by Gasteiger charge is -2.32. The highest BCUT2D eigenvalue weighted by atomic mass is 32.1. The Morgan fingerprint density at radius 3 is 3.29 bits per heavy atom. The molecule has 0 spiro atoms. The molecule has 3 nitrogen and oxygen atoms in total. The predicted octanol–water partition coefficient (Wildman–Crippen LogP) is 1.60. The van der Waals surface area contributed by atoms with Crippen molar-refractivity contribution >= 4 is 11.3 Å². The summed E-state index contributed by atoms with van der Waals surface area (Å²) in [4.78, 5) is 2.45. The van der Waals surface area contributed by atoms with Crippen molar-refractivity contribution < 1.29 is 4.74 Å². The van der Waals surface area contributed by atoms with Crippen LogP contribution in [0.3, 0.4) is 0 Å². The number of likely N-dealkylation sites (N-methyl/N-ethyl adjacent to an activating group) is 1. The molecule has 1 atom stereocenters. The van der Waals surface area contributed by atoms with Gasteiger partial charge in [-0.05, 0) is 41.9 Å². The largest absolute Gasteiger partial charge is 0.374 e. The average Bonchev–Trinajstić information content (AvgIpc) is 2.88. The highest BCUT2D eigenvalue weighted by molar-refractivity contribution is 7.07. The Bertz CT molecular complexity index is 302. The molecule has 0 saturated carbocycles. The zero-order chi connectivity index (χ0) is 11.9. The summed E-state index contributed by atoms with van der Waals surface area (Å²) in [6.07, 6.45) is 1.49. The van der Waals surface area contributed by atoms with E-state index in [1.807, 2.05) is 0 Å². The molecule has 2 heterocycles. The van der Waals surface area contributed by atoms with E-state index < -0.39 is 0 Å². The number of thiophene rings is 1. The van der Waals surface area contributed by atoms with E-state index in [4.69, 9.17) is 4.74 Å². The van der Waals surface area contributed by atoms with Crippen LogP contribution in [0.5, 0.6) is 0 Å². The van der Waals surface area contributed by atoms with Crippen LogP contribution in [0.25, 0.3) is 0 Å². The average molecular weight is 254 g/mol. The summed E-state index contributed by atoms with van der Waals surface area (Å²) in [7, 11) is 0. The van der Waals surface area contributed by atoms with E-state index in [2.05, 4.69) is 34.0 Å². The van der Waals surface area contributed by atoms with Crippen LogP contribution in [0.4, 0.5) is 0 Å². The molecule has 1 saturated heterocycles. The summed E-state index contributed by atoms with van der Waals surface area (Å²) in [5, 5.41) is 7.85. The summed E-state index contributed by atoms with van der Waals surface area (Å²) in [5.74, 6) is 0. The van der Waals surface area contributed by atoms with Crippen molar-refractivity contribution in [1.29, 1.82) is 0 Å². The van der Waals surface area contributed by atoms with Crippen LogP contribution in [0.1, 0.15) is 12.5 Å². The maximum atomic E-state index is 5.75. The quantitative estimate of drug-likeness (QED) is 0.781. The molecule has 2 rings (SSSR count). The lowest BCUT2D eigenvalue weighted by Crippen LogP contribution is -2.46. The number of hydrogen-bond donors (Lipinski definition) is 1. The highest BCUT2D eigenvalue weighted by Crippen LogP contribution is 2.06. The monoisotopic (exact) mass is 254 g/mol. The molecule has 1 aromatic rings. The Morgan fingerprint density at radius 2 is 2.53 bits per heavy atom. The molecule has 1 aromatic heterocycles. The molecule has 1 aliphatic heterocycles. The lowest BCUT2D eigenvalue weighted by molar-refractivity contribution is -0.0251. The van der Waals surface area contributed by atoms with Crippen LogP contribution in [-0.2, 0) is 11.2 Å². The Morgan fingerprint density at radius 1 is 1.59 bits per heavy atom. The van der Waals surface area contributed by atoms with Gasteiger partial charge in [-0.2, -0.15) is 11.3 Å². The standard InChI is InChI=1S/C13H22N2OS/c1-2-15-6-7-16-13(10-15)9-14-5-3-12-4-8-17-11-12/h4,8,11,13-14H,2-3,5-7,9-10H2,1H3. The SMILES string of the molecule is CCN1CCOC(CNCCc2ccsc2)C1. The smallest absolute Gasteiger partial charge is 0.0826 e. The van der Waals surface area contributed by atoms with Crippen LogP contribution >= 0.6 is 11.3 Å². The van der Waals surface area contributed by atoms with E-state index >= 15 is 0 Å². The van der Waals surface area contributed by atoms with E-state index in [9.17, 15) is 0 Å². The van der Waals surface area contributed by atoms with Gasteiger partial charge in [0.15, 0.2) is 0 Å². The number of nitrogens with zero attached hydrogens (tertiary/aromatic N) is 1. The van der Waals surface area contributed by atoms with Crippen LogP contribution in [0.15, 0.2) is 16.8 Å². The van der Waals surface area contributed by atoms with Gasteiger partial charge in [-0.25, -0.2) is 0 Å². The Kier molecular flexibility index (Phi) is 5.45. The van der Waals surface area contributed by atoms with Gasteiger partial charge in [0.1, 0.15) is 0 Å². The van der Waals surface area contributed by atoms with E-state index in [-0.39, 0.29) is 0 Å². The fraction of sp³-hybridized carbons (Fsp3) is 0.692. The Balaban J connectivity index is 1.58. The van der Waals surface area contributed by atoms with Crippen molar-refractivity contribution in [3.8, 4) is 0 Å². The Hall–Kier alpha value is -0.420. The first-order valence-corrected chi connectivity index (χ1v) is 7.38. The zero-order valence-electron chi connectivity index (χ0n) is 10.5. The molecule has 1 fully saturated rings. The van der Waals surface area contributed by atoms with E-state index in [1.54, 1.807) is 11.3 Å². The number of morpholine rings is 1. The van der Waals surface area contributed by atoms with E-state index in [0.29, 0.717) is 6.10 Å². The molecule has 4 heteroatoms. The molecule has 96 valence electrons. The molecule has 1 aliphatic rings. The molecule has 1 unspecified atom stereocenters. The zero-order valence-corrected chi connectivity index (χ0v) is 11.3. The van der Waals surface area contributed by atoms with Crippen molar-refractivity contribution in [3.63, 3.8) is 0 Å². The third kappa shape index (κ3) is 4.39. The summed E-state index contributed by atoms with van der Waals surface area (Å²) >= 11 is 1.77. The van der Waals surface area contributed by atoms with E-state index in [1.165, 1.54) is 5.56 Å². The normalized spacial score (nSPS) is 21.8. The molecule has 0 aliphatic carbocycles. The maximum Gasteiger partial charge on any atom is 0.0826 e. The van der Waals surface area contributed by atoms with Crippen molar-refractivity contribution in [2.24, 2.45) is 0 Å². The molecule has 0 aromatic carbocycles. The maximum absolute atomic E-state index is 5.75. The third-order valence-corrected chi connectivity index (χ3v) is 3.94. The van der Waals surface area contributed by atoms with Crippen molar-refractivity contribution in [2.45, 2.75) is 19.4 Å². The van der Waals surface area contributed by atoms with Gasteiger partial charge in [-0.3, -0.25) is 4.90 Å². The van der Waals surface area contributed by atoms with Gasteiger partial charge in [0, 0.05) is 19.6 Å². The second-order valence-electron chi connectivity index (χ2n) is 4.47. The summed E-state index contributed by atoms with van der Waals surface area (Å²) in [6, 6.07) is 2.20. The van der Waals surface area contributed by atoms with Crippen LogP contribution < -0.4 is 5.32 Å². The minimum Gasteiger partial charge on any atom is -0.374 e. The predicted molar refractivity (Wildman–Crippen MR) is 72.7 cm³/mol. The van der Waals surface area contributed by atoms with Crippen LogP contribution in [-0.4, -0.2) is 50.3 Å². The summed E-state index contributed by atoms with van der Waals surface area (Å²) in [5.41, 5.74) is 1.43. The second-order valence-corrected chi connectivity index (χ2v) is 5.25. The lowest BCUT2D eigenvalue weighted by atomic mass is 10.2. The molecule has 0 amide bonds. The van der Waals surface area contributed by atoms with Gasteiger partial charge >= 0.3 is 0 Å². The van der Waals surface area contributed by atoms with Gasteiger partial charge in [-0.1, -0.05) is 6.92 Å². The fourth-order valence-corrected chi connectivity index (χ4v) is 2.82. The van der Waals surface area contributed by atoms with Gasteiger partial charge in [0.2, 0.25) is 0 Å². The van der Waals surface area contributed by atoms with Gasteiger partial charge in [-0.15, -0.1) is 0 Å². The molecule has 1 N–H and O–H groups in total. The Labute approximate surface area is 108 Å². The highest BCUT2D eigenvalue weighted by Gasteiger charge is 2.18. The molecule has 0 radical (unpaired) electrons. The molecule has 0 bridgehead atoms. The van der Waals surface area contributed by atoms with E-state index in [0.717, 1.165) is 45.8 Å². The van der Waals surface area contributed by atoms with Gasteiger partial charge < -0.3 is 10.1 Å². The summed E-state index contributed by atoms with van der Waals surface area (Å²) in [6.45, 7) is 8.40. The molecule has 17 heavy (non-hydrogen) atoms. The molecular weight excluding hydrogens is 232 g/mol. The van der Waals surface area contributed by atoms with Crippen molar-refractivity contribution in [3.05, 3.63) is 22.4 Å². The van der Waals surface area contributed by atoms with Crippen molar-refractivity contribution in [2.75, 3.05) is 39.3 Å². The first kappa shape index (κ1) is 13.0. The molecular formula is C13H22N2OS. The van der Waals surface area contributed by atoms with Gasteiger partial charge in [0.05, 0.1) is 12.7 Å². The minimum absolute atomic E-state index is 0.367. The van der Waals surface area contributed by atoms with Gasteiger partial charge in [0.25, 0.3) is 0 Å².